The van der Waals surface area contributed by atoms with Crippen LogP contribution in [0.1, 0.15) is 0 Å². The predicted octanol–water partition coefficient (Wildman–Crippen LogP) is 1.56. The van der Waals surface area contributed by atoms with Crippen molar-refractivity contribution in [1.29, 1.82) is 0 Å². The summed E-state index contributed by atoms with van der Waals surface area (Å²) in [5.74, 6) is 0. The van der Waals surface area contributed by atoms with Crippen molar-refractivity contribution in [3.8, 4) is 0 Å². The Bertz CT molecular complexity index is 662. The zero-order chi connectivity index (χ0) is 10.4. The van der Waals surface area contributed by atoms with Gasteiger partial charge in [0.25, 0.3) is 0 Å². The minimum atomic E-state index is 0.566. The van der Waals surface area contributed by atoms with Crippen LogP contribution in [0.2, 0.25) is 5.15 Å². The number of benzene rings is 1. The van der Waals surface area contributed by atoms with E-state index in [9.17, 15) is 0 Å². The molecule has 2 aromatic heterocycles. The Morgan fingerprint density at radius 2 is 2.00 bits per heavy atom. The molecule has 0 bridgehead atoms. The number of aromatic amines is 1. The maximum absolute atomic E-state index is 5.89. The first-order valence-electron chi connectivity index (χ1n) is 4.42. The highest BCUT2D eigenvalue weighted by Crippen LogP contribution is 2.22. The van der Waals surface area contributed by atoms with E-state index in [2.05, 4.69) is 15.0 Å². The summed E-state index contributed by atoms with van der Waals surface area (Å²) in [5.41, 5.74) is 2.15. The number of nitrogens with one attached hydrogen (secondary N) is 1. The van der Waals surface area contributed by atoms with E-state index < -0.39 is 0 Å². The third kappa shape index (κ3) is 1.22. The molecule has 5 heteroatoms. The molecule has 2 radical (unpaired) electrons. The van der Waals surface area contributed by atoms with Crippen molar-refractivity contribution >= 4 is 46.7 Å². The van der Waals surface area contributed by atoms with E-state index in [0.29, 0.717) is 10.6 Å². The van der Waals surface area contributed by atoms with Gasteiger partial charge in [0.1, 0.15) is 19.3 Å². The zero-order valence-corrected chi connectivity index (χ0v) is 8.42. The highest BCUT2D eigenvalue weighted by atomic mass is 35.5. The molecule has 0 spiro atoms. The first-order chi connectivity index (χ1) is 7.25. The molecule has 3 aromatic rings. The van der Waals surface area contributed by atoms with Crippen molar-refractivity contribution in [2.75, 3.05) is 0 Å². The van der Waals surface area contributed by atoms with Gasteiger partial charge in [-0.3, -0.25) is 0 Å². The Balaban J connectivity index is 2.61. The third-order valence-electron chi connectivity index (χ3n) is 2.39. The maximum Gasteiger partial charge on any atom is 0.116 e. The second-order valence-electron chi connectivity index (χ2n) is 3.32. The van der Waals surface area contributed by atoms with Gasteiger partial charge in [-0.15, -0.1) is 0 Å². The molecule has 0 atom stereocenters. The molecule has 1 aromatic carbocycles. The molecule has 0 fully saturated rings. The van der Waals surface area contributed by atoms with E-state index in [1.807, 2.05) is 18.3 Å². The van der Waals surface area contributed by atoms with Gasteiger partial charge >= 0.3 is 0 Å². The Labute approximate surface area is 91.9 Å². The standard InChI is InChI=1S/C10H5BClN3/c11-7-1-5-3-13-8(12)2-6(5)9-10(7)15-4-14-9/h1-4,13H. The van der Waals surface area contributed by atoms with Crippen molar-refractivity contribution in [3.05, 3.63) is 29.8 Å². The normalized spacial score (nSPS) is 11.3. The quantitative estimate of drug-likeness (QED) is 0.455. The molecule has 0 aliphatic heterocycles. The highest BCUT2D eigenvalue weighted by molar-refractivity contribution is 6.40. The summed E-state index contributed by atoms with van der Waals surface area (Å²) in [6.07, 6.45) is 3.31. The van der Waals surface area contributed by atoms with E-state index >= 15 is 0 Å². The summed E-state index contributed by atoms with van der Waals surface area (Å²) in [6.45, 7) is 0. The lowest BCUT2D eigenvalue weighted by molar-refractivity contribution is 1.34. The Morgan fingerprint density at radius 3 is 2.87 bits per heavy atom. The molecule has 0 aliphatic rings. The number of imidazole rings is 1. The largest absolute Gasteiger partial charge is 0.352 e. The number of halogens is 1. The lowest BCUT2D eigenvalue weighted by Gasteiger charge is -2.02. The van der Waals surface area contributed by atoms with Crippen molar-refractivity contribution in [2.45, 2.75) is 0 Å². The van der Waals surface area contributed by atoms with Gasteiger partial charge in [-0.1, -0.05) is 23.1 Å². The van der Waals surface area contributed by atoms with Crippen LogP contribution in [0.25, 0.3) is 21.8 Å². The number of H-pyrrole nitrogens is 1. The Morgan fingerprint density at radius 1 is 1.20 bits per heavy atom. The van der Waals surface area contributed by atoms with Crippen LogP contribution in [0.3, 0.4) is 0 Å². The van der Waals surface area contributed by atoms with E-state index in [1.54, 1.807) is 0 Å². The zero-order valence-electron chi connectivity index (χ0n) is 7.66. The molecule has 0 unspecified atom stereocenters. The van der Waals surface area contributed by atoms with Gasteiger partial charge in [-0.25, -0.2) is 9.97 Å². The molecule has 70 valence electrons. The summed E-state index contributed by atoms with van der Waals surface area (Å²) in [4.78, 5) is 11.2. The number of fused-ring (bicyclic) bond motifs is 3. The summed E-state index contributed by atoms with van der Waals surface area (Å²) in [7, 11) is 5.86. The average Bonchev–Trinajstić information content (AvgIpc) is 2.69. The maximum atomic E-state index is 5.89. The SMILES string of the molecule is [B]c1cc2c[nH]c(Cl)cc2c2ncnc12. The highest BCUT2D eigenvalue weighted by Gasteiger charge is 2.06. The van der Waals surface area contributed by atoms with Gasteiger partial charge in [-0.2, -0.15) is 0 Å². The van der Waals surface area contributed by atoms with Gasteiger partial charge in [0.05, 0.1) is 11.0 Å². The number of nitrogens with zero attached hydrogens (tertiary/aromatic N) is 2. The van der Waals surface area contributed by atoms with Crippen molar-refractivity contribution in [3.63, 3.8) is 0 Å². The van der Waals surface area contributed by atoms with Crippen LogP contribution in [-0.2, 0) is 0 Å². The predicted molar refractivity (Wildman–Crippen MR) is 61.8 cm³/mol. The van der Waals surface area contributed by atoms with Crippen LogP contribution < -0.4 is 5.46 Å². The molecule has 15 heavy (non-hydrogen) atoms. The van der Waals surface area contributed by atoms with Crippen LogP contribution in [0.5, 0.6) is 0 Å². The van der Waals surface area contributed by atoms with E-state index in [4.69, 9.17) is 19.4 Å². The smallest absolute Gasteiger partial charge is 0.116 e. The molecule has 0 saturated carbocycles. The van der Waals surface area contributed by atoms with Gasteiger partial charge < -0.3 is 4.98 Å². The van der Waals surface area contributed by atoms with Crippen LogP contribution in [0.4, 0.5) is 0 Å². The van der Waals surface area contributed by atoms with Crippen LogP contribution in [0.15, 0.2) is 24.7 Å². The first-order valence-corrected chi connectivity index (χ1v) is 4.80. The lowest BCUT2D eigenvalue weighted by atomic mass is 9.92. The van der Waals surface area contributed by atoms with Crippen molar-refractivity contribution < 1.29 is 0 Å². The fourth-order valence-electron chi connectivity index (χ4n) is 1.71. The monoisotopic (exact) mass is 213 g/mol. The molecular weight excluding hydrogens is 208 g/mol. The third-order valence-corrected chi connectivity index (χ3v) is 2.60. The van der Waals surface area contributed by atoms with Gasteiger partial charge in [0.2, 0.25) is 0 Å². The summed E-state index contributed by atoms with van der Waals surface area (Å²) in [5, 5.41) is 2.50. The molecule has 2 heterocycles. The molecule has 0 saturated heterocycles. The van der Waals surface area contributed by atoms with E-state index in [1.165, 1.54) is 6.33 Å². The fourth-order valence-corrected chi connectivity index (χ4v) is 1.88. The van der Waals surface area contributed by atoms with Crippen molar-refractivity contribution in [1.82, 2.24) is 15.0 Å². The van der Waals surface area contributed by atoms with Gasteiger partial charge in [0, 0.05) is 11.6 Å². The number of aromatic nitrogens is 3. The topological polar surface area (TPSA) is 41.6 Å². The molecule has 0 aliphatic carbocycles. The number of pyridine rings is 1. The fraction of sp³-hybridized carbons (Fsp3) is 0. The van der Waals surface area contributed by atoms with Gasteiger partial charge in [0.15, 0.2) is 0 Å². The Kier molecular flexibility index (Phi) is 1.73. The molecular formula is C10H5BClN3. The van der Waals surface area contributed by atoms with Crippen LogP contribution in [-0.4, -0.2) is 22.8 Å². The van der Waals surface area contributed by atoms with Gasteiger partial charge in [-0.05, 0) is 11.5 Å². The number of hydrogen-bond donors (Lipinski definition) is 1. The summed E-state index contributed by atoms with van der Waals surface area (Å²) < 4.78 is 0. The van der Waals surface area contributed by atoms with E-state index in [0.717, 1.165) is 21.8 Å². The number of hydrogen-bond acceptors (Lipinski definition) is 2. The lowest BCUT2D eigenvalue weighted by Crippen LogP contribution is -2.03. The van der Waals surface area contributed by atoms with Crippen molar-refractivity contribution in [2.24, 2.45) is 0 Å². The minimum absolute atomic E-state index is 0.566. The molecule has 3 rings (SSSR count). The van der Waals surface area contributed by atoms with Crippen LogP contribution in [0, 0.1) is 0 Å². The molecule has 1 N–H and O–H groups in total. The second-order valence-corrected chi connectivity index (χ2v) is 3.73. The molecule has 0 amide bonds. The summed E-state index contributed by atoms with van der Waals surface area (Å²) >= 11 is 5.89. The summed E-state index contributed by atoms with van der Waals surface area (Å²) in [6, 6.07) is 3.69. The average molecular weight is 213 g/mol. The van der Waals surface area contributed by atoms with E-state index in [-0.39, 0.29) is 0 Å². The molecule has 3 nitrogen and oxygen atoms in total. The number of rotatable bonds is 0. The first kappa shape index (κ1) is 8.74. The second kappa shape index (κ2) is 2.97. The Hall–Kier alpha value is -1.55. The minimum Gasteiger partial charge on any atom is -0.352 e. The van der Waals surface area contributed by atoms with Crippen LogP contribution >= 0.6 is 11.6 Å².